The number of benzene rings is 1. The van der Waals surface area contributed by atoms with Crippen LogP contribution in [0.15, 0.2) is 36.7 Å². The molecule has 2 N–H and O–H groups in total. The SMILES string of the molecule is NC(=O)c1nn(C2CC2)c2ccc(-c3cncc(CN4CCCCC4)c3)cc12. The number of amides is 1. The van der Waals surface area contributed by atoms with E-state index in [1.807, 2.05) is 23.1 Å². The molecule has 0 radical (unpaired) electrons. The molecular formula is C22H25N5O. The highest BCUT2D eigenvalue weighted by molar-refractivity contribution is 6.05. The monoisotopic (exact) mass is 375 g/mol. The molecule has 2 fully saturated rings. The number of aromatic nitrogens is 3. The summed E-state index contributed by atoms with van der Waals surface area (Å²) in [5.41, 5.74) is 10.3. The quantitative estimate of drug-likeness (QED) is 0.740. The Labute approximate surface area is 164 Å². The van der Waals surface area contributed by atoms with Gasteiger partial charge in [0, 0.05) is 29.9 Å². The number of nitrogens with zero attached hydrogens (tertiary/aromatic N) is 4. The lowest BCUT2D eigenvalue weighted by Gasteiger charge is -2.26. The summed E-state index contributed by atoms with van der Waals surface area (Å²) >= 11 is 0. The molecule has 3 aromatic rings. The van der Waals surface area contributed by atoms with Crippen LogP contribution >= 0.6 is 0 Å². The molecule has 0 atom stereocenters. The van der Waals surface area contributed by atoms with Crippen LogP contribution in [0.2, 0.25) is 0 Å². The smallest absolute Gasteiger partial charge is 0.269 e. The summed E-state index contributed by atoms with van der Waals surface area (Å²) < 4.78 is 1.96. The first-order valence-electron chi connectivity index (χ1n) is 10.2. The molecule has 1 aliphatic heterocycles. The summed E-state index contributed by atoms with van der Waals surface area (Å²) in [6.07, 6.45) is 9.96. The molecule has 2 aromatic heterocycles. The fraction of sp³-hybridized carbons (Fsp3) is 0.409. The second-order valence-electron chi connectivity index (χ2n) is 8.04. The Morgan fingerprint density at radius 3 is 2.64 bits per heavy atom. The van der Waals surface area contributed by atoms with Crippen LogP contribution in [0.4, 0.5) is 0 Å². The number of pyridine rings is 1. The van der Waals surface area contributed by atoms with Crippen LogP contribution in [0.5, 0.6) is 0 Å². The van der Waals surface area contributed by atoms with Crippen molar-refractivity contribution in [3.63, 3.8) is 0 Å². The van der Waals surface area contributed by atoms with Gasteiger partial charge in [-0.15, -0.1) is 0 Å². The minimum absolute atomic E-state index is 0.362. The Balaban J connectivity index is 1.49. The molecule has 6 nitrogen and oxygen atoms in total. The first-order valence-corrected chi connectivity index (χ1v) is 10.2. The minimum atomic E-state index is -0.474. The van der Waals surface area contributed by atoms with Crippen molar-refractivity contribution in [1.82, 2.24) is 19.7 Å². The van der Waals surface area contributed by atoms with Gasteiger partial charge in [0.25, 0.3) is 5.91 Å². The predicted octanol–water partition coefficient (Wildman–Crippen LogP) is 3.52. The van der Waals surface area contributed by atoms with Crippen LogP contribution in [-0.2, 0) is 6.54 Å². The molecular weight excluding hydrogens is 350 g/mol. The third-order valence-electron chi connectivity index (χ3n) is 5.82. The van der Waals surface area contributed by atoms with Gasteiger partial charge in [-0.05, 0) is 68.1 Å². The normalized spacial score (nSPS) is 17.9. The summed E-state index contributed by atoms with van der Waals surface area (Å²) in [6.45, 7) is 3.27. The fourth-order valence-corrected chi connectivity index (χ4v) is 4.21. The maximum Gasteiger partial charge on any atom is 0.269 e. The standard InChI is InChI=1S/C22H25N5O/c23-22(28)21-19-11-16(4-7-20(19)27(25-21)18-5-6-18)17-10-15(12-24-13-17)14-26-8-2-1-3-9-26/h4,7,10-13,18H,1-3,5-6,8-9,14H2,(H2,23,28). The lowest BCUT2D eigenvalue weighted by atomic mass is 10.0. The number of carbonyl (C=O) groups excluding carboxylic acids is 1. The zero-order chi connectivity index (χ0) is 19.1. The van der Waals surface area contributed by atoms with Gasteiger partial charge in [-0.1, -0.05) is 12.5 Å². The number of rotatable bonds is 5. The molecule has 28 heavy (non-hydrogen) atoms. The van der Waals surface area contributed by atoms with Crippen molar-refractivity contribution < 1.29 is 4.79 Å². The zero-order valence-corrected chi connectivity index (χ0v) is 16.0. The molecule has 2 aliphatic rings. The summed E-state index contributed by atoms with van der Waals surface area (Å²) in [5, 5.41) is 5.33. The Hall–Kier alpha value is -2.73. The Bertz CT molecular complexity index is 1030. The van der Waals surface area contributed by atoms with E-state index in [0.29, 0.717) is 11.7 Å². The highest BCUT2D eigenvalue weighted by Crippen LogP contribution is 2.38. The van der Waals surface area contributed by atoms with Crippen molar-refractivity contribution >= 4 is 16.8 Å². The highest BCUT2D eigenvalue weighted by Gasteiger charge is 2.28. The van der Waals surface area contributed by atoms with E-state index < -0.39 is 5.91 Å². The van der Waals surface area contributed by atoms with Crippen LogP contribution in [0.25, 0.3) is 22.0 Å². The molecule has 1 aliphatic carbocycles. The molecule has 144 valence electrons. The van der Waals surface area contributed by atoms with E-state index in [1.54, 1.807) is 0 Å². The third kappa shape index (κ3) is 3.29. The average Bonchev–Trinajstić information content (AvgIpc) is 3.48. The molecule has 1 saturated heterocycles. The Morgan fingerprint density at radius 1 is 1.07 bits per heavy atom. The molecule has 6 heteroatoms. The second-order valence-corrected chi connectivity index (χ2v) is 8.04. The van der Waals surface area contributed by atoms with Crippen molar-refractivity contribution in [2.45, 2.75) is 44.7 Å². The van der Waals surface area contributed by atoms with Gasteiger partial charge in [0.1, 0.15) is 0 Å². The van der Waals surface area contributed by atoms with Crippen molar-refractivity contribution in [2.24, 2.45) is 5.73 Å². The molecule has 5 rings (SSSR count). The van der Waals surface area contributed by atoms with E-state index in [9.17, 15) is 4.79 Å². The molecule has 0 spiro atoms. The number of carbonyl (C=O) groups is 1. The summed E-state index contributed by atoms with van der Waals surface area (Å²) in [6, 6.07) is 8.78. The van der Waals surface area contributed by atoms with Crippen LogP contribution < -0.4 is 5.73 Å². The lowest BCUT2D eigenvalue weighted by Crippen LogP contribution is -2.29. The zero-order valence-electron chi connectivity index (χ0n) is 16.0. The van der Waals surface area contributed by atoms with Crippen LogP contribution in [0, 0.1) is 0 Å². The van der Waals surface area contributed by atoms with Gasteiger partial charge in [0.05, 0.1) is 11.6 Å². The molecule has 3 heterocycles. The van der Waals surface area contributed by atoms with E-state index in [0.717, 1.165) is 41.4 Å². The topological polar surface area (TPSA) is 77.0 Å². The number of hydrogen-bond donors (Lipinski definition) is 1. The van der Waals surface area contributed by atoms with Gasteiger partial charge in [0.15, 0.2) is 5.69 Å². The lowest BCUT2D eigenvalue weighted by molar-refractivity contribution is 0.0996. The summed E-state index contributed by atoms with van der Waals surface area (Å²) in [4.78, 5) is 18.9. The summed E-state index contributed by atoms with van der Waals surface area (Å²) in [5.74, 6) is -0.474. The van der Waals surface area contributed by atoms with Crippen molar-refractivity contribution in [3.8, 4) is 11.1 Å². The molecule has 1 amide bonds. The van der Waals surface area contributed by atoms with Crippen LogP contribution in [0.3, 0.4) is 0 Å². The van der Waals surface area contributed by atoms with E-state index in [-0.39, 0.29) is 0 Å². The number of nitrogens with two attached hydrogens (primary N) is 1. The fourth-order valence-electron chi connectivity index (χ4n) is 4.21. The average molecular weight is 375 g/mol. The van der Waals surface area contributed by atoms with Gasteiger partial charge in [0.2, 0.25) is 0 Å². The highest BCUT2D eigenvalue weighted by atomic mass is 16.1. The van der Waals surface area contributed by atoms with Crippen molar-refractivity contribution in [1.29, 1.82) is 0 Å². The van der Waals surface area contributed by atoms with E-state index in [1.165, 1.54) is 37.9 Å². The minimum Gasteiger partial charge on any atom is -0.364 e. The maximum absolute atomic E-state index is 11.9. The summed E-state index contributed by atoms with van der Waals surface area (Å²) in [7, 11) is 0. The molecule has 0 unspecified atom stereocenters. The van der Waals surface area contributed by atoms with Gasteiger partial charge < -0.3 is 5.73 Å². The van der Waals surface area contributed by atoms with Gasteiger partial charge in [-0.25, -0.2) is 0 Å². The molecule has 1 saturated carbocycles. The first kappa shape index (κ1) is 17.4. The predicted molar refractivity (Wildman–Crippen MR) is 109 cm³/mol. The van der Waals surface area contributed by atoms with Gasteiger partial charge in [-0.2, -0.15) is 5.10 Å². The Kier molecular flexibility index (Phi) is 4.36. The van der Waals surface area contributed by atoms with E-state index in [4.69, 9.17) is 5.73 Å². The van der Waals surface area contributed by atoms with Crippen LogP contribution in [0.1, 0.15) is 54.2 Å². The van der Waals surface area contributed by atoms with E-state index >= 15 is 0 Å². The third-order valence-corrected chi connectivity index (χ3v) is 5.82. The van der Waals surface area contributed by atoms with Gasteiger partial charge in [-0.3, -0.25) is 19.4 Å². The van der Waals surface area contributed by atoms with Crippen molar-refractivity contribution in [3.05, 3.63) is 47.9 Å². The van der Waals surface area contributed by atoms with Crippen molar-refractivity contribution in [2.75, 3.05) is 13.1 Å². The van der Waals surface area contributed by atoms with Gasteiger partial charge >= 0.3 is 0 Å². The maximum atomic E-state index is 11.9. The number of likely N-dealkylation sites (tertiary alicyclic amines) is 1. The second kappa shape index (κ2) is 7.02. The molecule has 1 aromatic carbocycles. The number of piperidine rings is 1. The number of fused-ring (bicyclic) bond motifs is 1. The molecule has 0 bridgehead atoms. The Morgan fingerprint density at radius 2 is 1.89 bits per heavy atom. The largest absolute Gasteiger partial charge is 0.364 e. The van der Waals surface area contributed by atoms with E-state index in [2.05, 4.69) is 33.2 Å². The first-order chi connectivity index (χ1) is 13.7. The van der Waals surface area contributed by atoms with Crippen LogP contribution in [-0.4, -0.2) is 38.7 Å². The number of hydrogen-bond acceptors (Lipinski definition) is 4. The number of primary amides is 1.